The average Bonchev–Trinajstić information content (AvgIpc) is 4.40. The second kappa shape index (κ2) is 31.8. The Hall–Kier alpha value is -9.08. The molecule has 2 aliphatic heterocycles. The Morgan fingerprint density at radius 3 is 1.98 bits per heavy atom. The van der Waals surface area contributed by atoms with Gasteiger partial charge in [-0.2, -0.15) is 0 Å². The van der Waals surface area contributed by atoms with Crippen LogP contribution < -0.4 is 54.0 Å². The Bertz CT molecular complexity index is 2910. The van der Waals surface area contributed by atoms with E-state index < -0.39 is 102 Å². The molecule has 9 amide bonds. The van der Waals surface area contributed by atoms with Gasteiger partial charge in [0.1, 0.15) is 54.1 Å². The summed E-state index contributed by atoms with van der Waals surface area (Å²) in [6.45, 7) is 6.26. The number of phenolic OH excluding ortho intramolecular Hbond substituents is 1. The molecule has 0 unspecified atom stereocenters. The number of carboxylic acids is 1. The maximum atomic E-state index is 14.6. The third kappa shape index (κ3) is 20.1. The molecule has 2 fully saturated rings. The molecule has 2 aliphatic rings. The van der Waals surface area contributed by atoms with Crippen molar-refractivity contribution in [2.24, 2.45) is 22.4 Å². The van der Waals surface area contributed by atoms with Crippen molar-refractivity contribution >= 4 is 76.0 Å². The molecule has 0 bridgehead atoms. The van der Waals surface area contributed by atoms with Gasteiger partial charge in [-0.3, -0.25) is 52.9 Å². The highest BCUT2D eigenvalue weighted by molar-refractivity contribution is 5.99. The number of nitrogens with one attached hydrogen (secondary N) is 10. The second-order valence-corrected chi connectivity index (χ2v) is 20.6. The number of aromatic amines is 2. The standard InChI is InChI=1S/C53H73N15O11.C2H4O2/c1-4-57-51(78)43-12-8-20-68(43)52(79)37(11-7-19-58-53(54)55)62-46(73)38(21-29(2)3)63-47(74)39(22-30-13-15-33(70)16-14-30)64-50(77)42(27-69)67-48(75)40(23-31-25-59-35-10-6-5-9-34(31)35)65-49(76)41(24-32-26-56-28-60-32)66-45(72)36-17-18-44(71)61-36;1-2(3)4/h5-6,9-10,13-16,25-26,28-29,36-43,59,69-70H,4,7-8,11-12,17-24,27H2,1-3H3,(H,56,60)(H,57,78)(H,61,71)(H,62,73)(H,63,74)(H,64,77)(H,65,76)(H,66,72)(H,67,75)(H4,54,55,58);1H3,(H,3,4)/t36-,37-,38+,39-,40-,41-,42-,43-;/m0./s1. The molecule has 0 radical (unpaired) electrons. The highest BCUT2D eigenvalue weighted by atomic mass is 16.4. The van der Waals surface area contributed by atoms with Crippen molar-refractivity contribution < 1.29 is 63.3 Å². The number of aliphatic imine (C=N–C) groups is 1. The normalized spacial score (nSPS) is 16.7. The summed E-state index contributed by atoms with van der Waals surface area (Å²) in [4.78, 5) is 149. The van der Waals surface area contributed by atoms with Crippen molar-refractivity contribution in [2.75, 3.05) is 26.2 Å². The van der Waals surface area contributed by atoms with E-state index in [0.717, 1.165) is 17.8 Å². The predicted octanol–water partition coefficient (Wildman–Crippen LogP) is -1.88. The van der Waals surface area contributed by atoms with Crippen LogP contribution in [0.15, 0.2) is 72.2 Å². The average molecular weight is 1160 g/mol. The van der Waals surface area contributed by atoms with Crippen LogP contribution in [0.3, 0.4) is 0 Å². The van der Waals surface area contributed by atoms with E-state index >= 15 is 0 Å². The number of aliphatic carboxylic acids is 1. The minimum Gasteiger partial charge on any atom is -0.508 e. The van der Waals surface area contributed by atoms with Gasteiger partial charge in [-0.1, -0.05) is 44.2 Å². The highest BCUT2D eigenvalue weighted by Crippen LogP contribution is 2.22. The van der Waals surface area contributed by atoms with Gasteiger partial charge in [0, 0.05) is 81.2 Å². The fraction of sp³-hybridized carbons (Fsp3) is 0.491. The number of imidazole rings is 1. The zero-order valence-electron chi connectivity index (χ0n) is 46.9. The van der Waals surface area contributed by atoms with Crippen molar-refractivity contribution in [1.29, 1.82) is 0 Å². The number of likely N-dealkylation sites (N-methyl/N-ethyl adjacent to an activating group) is 1. The summed E-state index contributed by atoms with van der Waals surface area (Å²) < 4.78 is 0. The van der Waals surface area contributed by atoms with Gasteiger partial charge >= 0.3 is 0 Å². The molecule has 6 rings (SSSR count). The van der Waals surface area contributed by atoms with Crippen LogP contribution in [0.1, 0.15) is 89.5 Å². The number of aromatic hydroxyl groups is 1. The highest BCUT2D eigenvalue weighted by Gasteiger charge is 2.39. The molecule has 83 heavy (non-hydrogen) atoms. The molecule has 17 N–H and O–H groups in total. The van der Waals surface area contributed by atoms with Crippen LogP contribution >= 0.6 is 0 Å². The Kier molecular flexibility index (Phi) is 24.8. The smallest absolute Gasteiger partial charge is 0.300 e. The maximum Gasteiger partial charge on any atom is 0.300 e. The lowest BCUT2D eigenvalue weighted by atomic mass is 10.00. The summed E-state index contributed by atoms with van der Waals surface area (Å²) in [5, 5.41) is 50.3. The first-order valence-electron chi connectivity index (χ1n) is 27.4. The molecule has 4 heterocycles. The van der Waals surface area contributed by atoms with Crippen molar-refractivity contribution in [3.63, 3.8) is 0 Å². The molecule has 0 aliphatic carbocycles. The molecule has 8 atom stereocenters. The number of amides is 9. The summed E-state index contributed by atoms with van der Waals surface area (Å²) in [7, 11) is 0. The van der Waals surface area contributed by atoms with E-state index in [-0.39, 0.29) is 93.9 Å². The number of nitrogens with zero attached hydrogens (tertiary/aromatic N) is 3. The van der Waals surface area contributed by atoms with Crippen LogP contribution in [0, 0.1) is 5.92 Å². The zero-order chi connectivity index (χ0) is 60.8. The van der Waals surface area contributed by atoms with Gasteiger partial charge in [0.05, 0.1) is 12.9 Å². The monoisotopic (exact) mass is 1160 g/mol. The van der Waals surface area contributed by atoms with Gasteiger partial charge in [0.2, 0.25) is 53.2 Å². The molecular weight excluding hydrogens is 1080 g/mol. The fourth-order valence-corrected chi connectivity index (χ4v) is 9.53. The summed E-state index contributed by atoms with van der Waals surface area (Å²) in [6, 6.07) is 2.96. The van der Waals surface area contributed by atoms with E-state index in [4.69, 9.17) is 21.4 Å². The number of para-hydroxylation sites is 1. The van der Waals surface area contributed by atoms with Crippen LogP contribution in [-0.4, -0.2) is 175 Å². The largest absolute Gasteiger partial charge is 0.508 e. The number of nitrogens with two attached hydrogens (primary N) is 2. The number of phenols is 1. The molecule has 0 spiro atoms. The maximum absolute atomic E-state index is 14.6. The molecule has 450 valence electrons. The fourth-order valence-electron chi connectivity index (χ4n) is 9.53. The Morgan fingerprint density at radius 1 is 0.771 bits per heavy atom. The van der Waals surface area contributed by atoms with E-state index in [2.05, 4.69) is 62.5 Å². The van der Waals surface area contributed by atoms with Gasteiger partial charge in [0.25, 0.3) is 5.97 Å². The van der Waals surface area contributed by atoms with E-state index in [1.807, 2.05) is 32.0 Å². The number of hydrogen-bond acceptors (Lipinski definition) is 14. The lowest BCUT2D eigenvalue weighted by Crippen LogP contribution is -2.61. The van der Waals surface area contributed by atoms with Crippen LogP contribution in [0.2, 0.25) is 0 Å². The number of benzene rings is 2. The zero-order valence-corrected chi connectivity index (χ0v) is 46.9. The number of hydrogen-bond donors (Lipinski definition) is 15. The summed E-state index contributed by atoms with van der Waals surface area (Å²) in [5.41, 5.74) is 13.3. The van der Waals surface area contributed by atoms with Crippen molar-refractivity contribution in [1.82, 2.24) is 62.4 Å². The minimum absolute atomic E-state index is 0.0695. The Balaban J connectivity index is 0.00000305. The van der Waals surface area contributed by atoms with Gasteiger partial charge < -0.3 is 84.2 Å². The number of likely N-dealkylation sites (tertiary alicyclic amines) is 1. The van der Waals surface area contributed by atoms with Crippen molar-refractivity contribution in [2.45, 2.75) is 140 Å². The van der Waals surface area contributed by atoms with Gasteiger partial charge in [-0.05, 0) is 80.7 Å². The molecule has 28 heteroatoms. The number of carboxylic acid groups (broad SMARTS) is 1. The Morgan fingerprint density at radius 2 is 1.37 bits per heavy atom. The Labute approximate surface area is 478 Å². The number of fused-ring (bicyclic) bond motifs is 1. The van der Waals surface area contributed by atoms with Crippen LogP contribution in [0.25, 0.3) is 10.9 Å². The summed E-state index contributed by atoms with van der Waals surface area (Å²) in [6.07, 6.45) is 5.77. The van der Waals surface area contributed by atoms with E-state index in [0.29, 0.717) is 36.2 Å². The molecule has 4 aromatic rings. The van der Waals surface area contributed by atoms with E-state index in [1.165, 1.54) is 41.7 Å². The van der Waals surface area contributed by atoms with Crippen molar-refractivity contribution in [3.8, 4) is 5.75 Å². The molecule has 2 aromatic carbocycles. The van der Waals surface area contributed by atoms with Crippen LogP contribution in [-0.2, 0) is 67.2 Å². The van der Waals surface area contributed by atoms with E-state index in [1.54, 1.807) is 19.2 Å². The molecule has 0 saturated carbocycles. The number of H-pyrrole nitrogens is 2. The number of aliphatic hydroxyl groups is 1. The first-order chi connectivity index (χ1) is 39.6. The van der Waals surface area contributed by atoms with Gasteiger partial charge in [-0.15, -0.1) is 0 Å². The van der Waals surface area contributed by atoms with Crippen LogP contribution in [0.4, 0.5) is 0 Å². The number of aliphatic hydroxyl groups excluding tert-OH is 1. The summed E-state index contributed by atoms with van der Waals surface area (Å²) >= 11 is 0. The second-order valence-electron chi connectivity index (χ2n) is 20.6. The third-order valence-electron chi connectivity index (χ3n) is 13.6. The van der Waals surface area contributed by atoms with Crippen molar-refractivity contribution in [3.05, 3.63) is 84.1 Å². The predicted molar refractivity (Wildman–Crippen MR) is 302 cm³/mol. The topological polar surface area (TPSA) is 440 Å². The summed E-state index contributed by atoms with van der Waals surface area (Å²) in [5.74, 6) is -7.39. The number of rotatable bonds is 28. The molecule has 28 nitrogen and oxygen atoms in total. The SMILES string of the molecule is CC(=O)O.CCNC(=O)[C@@H]1CCCN1C(=O)[C@H](CCCN=C(N)N)NC(=O)[C@@H](CC(C)C)NC(=O)[C@H](Cc1ccc(O)cc1)NC(=O)[C@H](CO)NC(=O)[C@H](Cc1c[nH]c2ccccc12)NC(=O)[C@H](Cc1cnc[nH]1)NC(=O)[C@@H]1CCC(=O)N1. The van der Waals surface area contributed by atoms with Crippen LogP contribution in [0.5, 0.6) is 5.75 Å². The minimum atomic E-state index is -1.73. The first-order valence-corrected chi connectivity index (χ1v) is 27.4. The third-order valence-corrected chi connectivity index (χ3v) is 13.6. The number of carbonyl (C=O) groups excluding carboxylic acids is 9. The van der Waals surface area contributed by atoms with Gasteiger partial charge in [0.15, 0.2) is 5.96 Å². The molecule has 2 aromatic heterocycles. The number of guanidine groups is 1. The lowest BCUT2D eigenvalue weighted by Gasteiger charge is -2.30. The van der Waals surface area contributed by atoms with E-state index in [9.17, 15) is 53.4 Å². The number of aromatic nitrogens is 3. The lowest BCUT2D eigenvalue weighted by molar-refractivity contribution is -0.142. The molecular formula is C55H77N15O13. The van der Waals surface area contributed by atoms with Gasteiger partial charge in [-0.25, -0.2) is 4.98 Å². The quantitative estimate of drug-likeness (QED) is 0.0168. The number of carbonyl (C=O) groups is 10. The molecule has 2 saturated heterocycles. The first kappa shape index (κ1) is 64.7.